The highest BCUT2D eigenvalue weighted by molar-refractivity contribution is 6.30. The fraction of sp³-hybridized carbons (Fsp3) is 0.455. The minimum Gasteiger partial charge on any atom is -0.492 e. The van der Waals surface area contributed by atoms with Crippen LogP contribution in [0.2, 0.25) is 5.02 Å². The first-order valence-electron chi connectivity index (χ1n) is 10.9. The lowest BCUT2D eigenvalue weighted by Gasteiger charge is -2.32. The molecule has 9 nitrogen and oxygen atoms in total. The third kappa shape index (κ3) is 4.43. The summed E-state index contributed by atoms with van der Waals surface area (Å²) in [6, 6.07) is 3.53. The van der Waals surface area contributed by atoms with Crippen molar-refractivity contribution in [3.05, 3.63) is 52.6 Å². The number of aromatic hydroxyl groups is 1. The van der Waals surface area contributed by atoms with Gasteiger partial charge in [-0.3, -0.25) is 0 Å². The molecule has 32 heavy (non-hydrogen) atoms. The van der Waals surface area contributed by atoms with E-state index in [9.17, 15) is 9.90 Å². The number of nitrogens with one attached hydrogen (secondary N) is 1. The van der Waals surface area contributed by atoms with Crippen LogP contribution in [0.5, 0.6) is 5.88 Å². The second-order valence-electron chi connectivity index (χ2n) is 8.50. The van der Waals surface area contributed by atoms with Crippen molar-refractivity contribution in [1.82, 2.24) is 19.5 Å². The third-order valence-corrected chi connectivity index (χ3v) is 6.71. The van der Waals surface area contributed by atoms with E-state index in [2.05, 4.69) is 29.6 Å². The number of hydrogen-bond acceptors (Lipinski definition) is 8. The Bertz CT molecular complexity index is 1110. The Hall–Kier alpha value is -3.07. The summed E-state index contributed by atoms with van der Waals surface area (Å²) in [5, 5.41) is 13.6. The zero-order chi connectivity index (χ0) is 22.1. The highest BCUT2D eigenvalue weighted by Crippen LogP contribution is 2.49. The van der Waals surface area contributed by atoms with Gasteiger partial charge in [0.25, 0.3) is 0 Å². The van der Waals surface area contributed by atoms with E-state index in [0.29, 0.717) is 10.8 Å². The Morgan fingerprint density at radius 2 is 1.94 bits per heavy atom. The van der Waals surface area contributed by atoms with Gasteiger partial charge >= 0.3 is 5.76 Å². The molecule has 0 aromatic carbocycles. The third-order valence-electron chi connectivity index (χ3n) is 6.51. The molecule has 5 rings (SSSR count). The van der Waals surface area contributed by atoms with Crippen LogP contribution in [0.3, 0.4) is 0 Å². The van der Waals surface area contributed by atoms with Gasteiger partial charge in [-0.1, -0.05) is 11.6 Å². The molecule has 1 saturated carbocycles. The van der Waals surface area contributed by atoms with Crippen LogP contribution in [0.25, 0.3) is 5.82 Å². The van der Waals surface area contributed by atoms with Crippen molar-refractivity contribution in [1.29, 1.82) is 0 Å². The smallest absolute Gasteiger partial charge is 0.427 e. The van der Waals surface area contributed by atoms with Crippen molar-refractivity contribution >= 4 is 23.2 Å². The Balaban J connectivity index is 1.05. The maximum absolute atomic E-state index is 11.6. The number of nitrogens with zero attached hydrogens (tertiary/aromatic N) is 5. The molecular formula is C22H25ClN6O3. The summed E-state index contributed by atoms with van der Waals surface area (Å²) in [5.41, 5.74) is 0.887. The van der Waals surface area contributed by atoms with E-state index in [4.69, 9.17) is 11.6 Å². The Labute approximate surface area is 190 Å². The first kappa shape index (κ1) is 20.8. The van der Waals surface area contributed by atoms with Gasteiger partial charge in [-0.15, -0.1) is 0 Å². The molecule has 2 aliphatic rings. The molecule has 0 unspecified atom stereocenters. The summed E-state index contributed by atoms with van der Waals surface area (Å²) in [6.07, 6.45) is 10.8. The van der Waals surface area contributed by atoms with E-state index in [1.54, 1.807) is 24.7 Å². The maximum atomic E-state index is 11.6. The van der Waals surface area contributed by atoms with E-state index < -0.39 is 5.76 Å². The lowest BCUT2D eigenvalue weighted by Crippen LogP contribution is -2.35. The normalized spacial score (nSPS) is 21.0. The molecule has 1 aliphatic carbocycles. The summed E-state index contributed by atoms with van der Waals surface area (Å²) in [4.78, 5) is 26.8. The van der Waals surface area contributed by atoms with Crippen LogP contribution in [-0.2, 0) is 0 Å². The number of anilines is 2. The van der Waals surface area contributed by atoms with Crippen molar-refractivity contribution in [3.8, 4) is 11.7 Å². The van der Waals surface area contributed by atoms with Crippen LogP contribution < -0.4 is 16.0 Å². The predicted molar refractivity (Wildman–Crippen MR) is 120 cm³/mol. The molecule has 168 valence electrons. The molecule has 1 saturated heterocycles. The van der Waals surface area contributed by atoms with Gasteiger partial charge in [0, 0.05) is 19.6 Å². The summed E-state index contributed by atoms with van der Waals surface area (Å²) in [6.45, 7) is 2.89. The van der Waals surface area contributed by atoms with Crippen LogP contribution in [0.4, 0.5) is 11.6 Å². The largest absolute Gasteiger partial charge is 0.492 e. The maximum Gasteiger partial charge on any atom is 0.427 e. The first-order chi connectivity index (χ1) is 15.6. The van der Waals surface area contributed by atoms with Gasteiger partial charge in [-0.05, 0) is 55.6 Å². The van der Waals surface area contributed by atoms with Gasteiger partial charge in [-0.25, -0.2) is 19.7 Å². The Kier molecular flexibility index (Phi) is 5.73. The van der Waals surface area contributed by atoms with Gasteiger partial charge < -0.3 is 19.7 Å². The summed E-state index contributed by atoms with van der Waals surface area (Å²) >= 11 is 5.88. The van der Waals surface area contributed by atoms with Crippen molar-refractivity contribution in [2.24, 2.45) is 17.8 Å². The van der Waals surface area contributed by atoms with Crippen LogP contribution in [0, 0.1) is 17.8 Å². The van der Waals surface area contributed by atoms with Crippen LogP contribution in [0.15, 0.2) is 46.2 Å². The van der Waals surface area contributed by atoms with Crippen molar-refractivity contribution < 1.29 is 9.52 Å². The highest BCUT2D eigenvalue weighted by atomic mass is 35.5. The van der Waals surface area contributed by atoms with Gasteiger partial charge in [0.2, 0.25) is 11.8 Å². The molecule has 3 aromatic rings. The number of piperidine rings is 1. The zero-order valence-electron chi connectivity index (χ0n) is 17.5. The number of oxazole rings is 1. The van der Waals surface area contributed by atoms with E-state index in [1.807, 2.05) is 6.07 Å². The van der Waals surface area contributed by atoms with Gasteiger partial charge in [0.05, 0.1) is 29.3 Å². The molecule has 2 N–H and O–H groups in total. The van der Waals surface area contributed by atoms with Crippen LogP contribution in [-0.4, -0.2) is 44.3 Å². The fourth-order valence-corrected chi connectivity index (χ4v) is 4.81. The minimum absolute atomic E-state index is 0.269. The molecule has 0 spiro atoms. The topological polar surface area (TPSA) is 109 Å². The fourth-order valence-electron chi connectivity index (χ4n) is 4.71. The van der Waals surface area contributed by atoms with E-state index >= 15 is 0 Å². The lowest BCUT2D eigenvalue weighted by molar-refractivity contribution is 0.343. The Morgan fingerprint density at radius 3 is 2.59 bits per heavy atom. The number of rotatable bonds is 7. The van der Waals surface area contributed by atoms with E-state index in [-0.39, 0.29) is 5.88 Å². The van der Waals surface area contributed by atoms with E-state index in [0.717, 1.165) is 66.3 Å². The summed E-state index contributed by atoms with van der Waals surface area (Å²) < 4.78 is 5.68. The standard InChI is InChI=1S/C22H25ClN6O3/c23-16-10-26-21(27-11-16)28-7-4-14(5-8-28)18-9-15(18)3-6-24-17-1-2-19(25-12-17)29-20(30)13-32-22(29)31/h1-2,10-15,18,24,30H,3-9H2/t15-,18-/m1/s1. The second-order valence-corrected chi connectivity index (χ2v) is 8.94. The second kappa shape index (κ2) is 8.82. The van der Waals surface area contributed by atoms with Crippen molar-refractivity contribution in [2.75, 3.05) is 29.9 Å². The quantitative estimate of drug-likeness (QED) is 0.557. The monoisotopic (exact) mass is 456 g/mol. The average molecular weight is 457 g/mol. The molecule has 0 radical (unpaired) electrons. The number of aromatic nitrogens is 4. The van der Waals surface area contributed by atoms with Gasteiger partial charge in [-0.2, -0.15) is 4.57 Å². The van der Waals surface area contributed by atoms with Crippen LogP contribution >= 0.6 is 11.6 Å². The first-order valence-corrected chi connectivity index (χ1v) is 11.3. The molecule has 2 fully saturated rings. The molecule has 2 atom stereocenters. The molecule has 4 heterocycles. The lowest BCUT2D eigenvalue weighted by atomic mass is 9.90. The summed E-state index contributed by atoms with van der Waals surface area (Å²) in [5.74, 6) is 2.55. The SMILES string of the molecule is O=c1occ(O)n1-c1ccc(NCC[C@@H]2C[C@@H]2C2CCN(c3ncc(Cl)cn3)CC2)cn1. The number of hydrogen-bond donors (Lipinski definition) is 2. The van der Waals surface area contributed by atoms with Gasteiger partial charge in [0.15, 0.2) is 6.26 Å². The highest BCUT2D eigenvalue weighted by Gasteiger charge is 2.43. The Morgan fingerprint density at radius 1 is 1.16 bits per heavy atom. The molecule has 0 amide bonds. The predicted octanol–water partition coefficient (Wildman–Crippen LogP) is 3.33. The molecule has 0 bridgehead atoms. The van der Waals surface area contributed by atoms with Crippen molar-refractivity contribution in [2.45, 2.75) is 25.7 Å². The molecular weight excluding hydrogens is 432 g/mol. The number of halogens is 1. The minimum atomic E-state index is -0.665. The van der Waals surface area contributed by atoms with Gasteiger partial charge in [0.1, 0.15) is 5.82 Å². The molecule has 3 aromatic heterocycles. The molecule has 1 aliphatic heterocycles. The number of pyridine rings is 1. The summed E-state index contributed by atoms with van der Waals surface area (Å²) in [7, 11) is 0. The zero-order valence-corrected chi connectivity index (χ0v) is 18.3. The van der Waals surface area contributed by atoms with Crippen LogP contribution in [0.1, 0.15) is 25.7 Å². The average Bonchev–Trinajstić information content (AvgIpc) is 3.51. The van der Waals surface area contributed by atoms with E-state index in [1.165, 1.54) is 19.3 Å². The van der Waals surface area contributed by atoms with Crippen molar-refractivity contribution in [3.63, 3.8) is 0 Å². The molecule has 10 heteroatoms.